The minimum Gasteiger partial charge on any atom is -0.457 e. The third kappa shape index (κ3) is 3.31. The number of fused-ring (bicyclic) bond motifs is 1. The summed E-state index contributed by atoms with van der Waals surface area (Å²) in [6, 6.07) is 16.4. The van der Waals surface area contributed by atoms with Crippen LogP contribution in [0.3, 0.4) is 0 Å². The molecule has 1 unspecified atom stereocenters. The number of ether oxygens (including phenoxy) is 1. The topological polar surface area (TPSA) is 69.0 Å². The number of rotatable bonds is 4. The largest absolute Gasteiger partial charge is 0.457 e. The molecule has 27 heavy (non-hydrogen) atoms. The maximum atomic E-state index is 13.0. The van der Waals surface area contributed by atoms with Crippen LogP contribution in [0.25, 0.3) is 0 Å². The van der Waals surface area contributed by atoms with Crippen molar-refractivity contribution in [2.24, 2.45) is 0 Å². The van der Waals surface area contributed by atoms with Crippen molar-refractivity contribution in [1.29, 1.82) is 0 Å². The van der Waals surface area contributed by atoms with Crippen molar-refractivity contribution in [3.63, 3.8) is 0 Å². The van der Waals surface area contributed by atoms with E-state index in [-0.39, 0.29) is 6.61 Å². The van der Waals surface area contributed by atoms with Crippen molar-refractivity contribution in [1.82, 2.24) is 14.8 Å². The molecule has 1 aromatic heterocycles. The third-order valence-corrected chi connectivity index (χ3v) is 4.77. The zero-order chi connectivity index (χ0) is 18.8. The number of nitrogens with one attached hydrogen (secondary N) is 1. The molecule has 4 rings (SSSR count). The Morgan fingerprint density at radius 1 is 1.19 bits per heavy atom. The number of carbonyl (C=O) groups excluding carboxylic acids is 1. The Hall–Kier alpha value is -3.12. The van der Waals surface area contributed by atoms with Gasteiger partial charge in [-0.15, -0.1) is 0 Å². The minimum atomic E-state index is -0.513. The van der Waals surface area contributed by atoms with Crippen molar-refractivity contribution >= 4 is 23.5 Å². The van der Waals surface area contributed by atoms with Crippen molar-refractivity contribution in [2.45, 2.75) is 19.6 Å². The number of halogens is 1. The van der Waals surface area contributed by atoms with Gasteiger partial charge in [0.05, 0.1) is 5.57 Å². The second-order valence-corrected chi connectivity index (χ2v) is 6.58. The van der Waals surface area contributed by atoms with Crippen LogP contribution in [0.2, 0.25) is 5.02 Å². The van der Waals surface area contributed by atoms with Crippen molar-refractivity contribution < 1.29 is 9.53 Å². The summed E-state index contributed by atoms with van der Waals surface area (Å²) in [6.07, 6.45) is 1.44. The molecule has 3 aromatic rings. The number of allylic oxidation sites excluding steroid dienone is 1. The van der Waals surface area contributed by atoms with Gasteiger partial charge in [-0.2, -0.15) is 10.1 Å². The lowest BCUT2D eigenvalue weighted by molar-refractivity contribution is -0.140. The SMILES string of the molecule is CC1=C(C(=O)OCc2ccccc2)C(c2ccccc2Cl)n2ncnc2N1. The molecule has 7 heteroatoms. The molecule has 1 aliphatic rings. The summed E-state index contributed by atoms with van der Waals surface area (Å²) in [7, 11) is 0. The summed E-state index contributed by atoms with van der Waals surface area (Å²) in [5, 5.41) is 7.94. The van der Waals surface area contributed by atoms with Gasteiger partial charge in [0.1, 0.15) is 19.0 Å². The van der Waals surface area contributed by atoms with E-state index in [0.717, 1.165) is 11.1 Å². The van der Waals surface area contributed by atoms with Crippen LogP contribution in [0.15, 0.2) is 72.2 Å². The monoisotopic (exact) mass is 380 g/mol. The van der Waals surface area contributed by atoms with Gasteiger partial charge in [0.25, 0.3) is 0 Å². The molecule has 0 saturated carbocycles. The third-order valence-electron chi connectivity index (χ3n) is 4.43. The zero-order valence-corrected chi connectivity index (χ0v) is 15.3. The molecule has 0 amide bonds. The van der Waals surface area contributed by atoms with Crippen molar-refractivity contribution in [3.05, 3.63) is 88.3 Å². The fraction of sp³-hybridized carbons (Fsp3) is 0.150. The van der Waals surface area contributed by atoms with Gasteiger partial charge in [0.2, 0.25) is 5.95 Å². The Morgan fingerprint density at radius 3 is 2.70 bits per heavy atom. The van der Waals surface area contributed by atoms with E-state index in [1.54, 1.807) is 10.7 Å². The summed E-state index contributed by atoms with van der Waals surface area (Å²) in [4.78, 5) is 17.2. The number of hydrogen-bond acceptors (Lipinski definition) is 5. The van der Waals surface area contributed by atoms with E-state index in [2.05, 4.69) is 15.4 Å². The van der Waals surface area contributed by atoms with Gasteiger partial charge in [-0.3, -0.25) is 0 Å². The Morgan fingerprint density at radius 2 is 1.93 bits per heavy atom. The van der Waals surface area contributed by atoms with Crippen LogP contribution in [0, 0.1) is 0 Å². The quantitative estimate of drug-likeness (QED) is 0.694. The van der Waals surface area contributed by atoms with Gasteiger partial charge in [0.15, 0.2) is 0 Å². The van der Waals surface area contributed by atoms with E-state index in [1.165, 1.54) is 6.33 Å². The maximum Gasteiger partial charge on any atom is 0.338 e. The van der Waals surface area contributed by atoms with E-state index in [0.29, 0.717) is 22.2 Å². The van der Waals surface area contributed by atoms with Crippen LogP contribution in [-0.2, 0) is 16.1 Å². The van der Waals surface area contributed by atoms with E-state index in [1.807, 2.05) is 55.5 Å². The Labute approximate surface area is 161 Å². The first-order chi connectivity index (χ1) is 13.1. The Balaban J connectivity index is 1.70. The molecule has 2 heterocycles. The number of anilines is 1. The molecule has 1 atom stereocenters. The molecular formula is C20H17ClN4O2. The molecule has 136 valence electrons. The standard InChI is InChI=1S/C20H17ClN4O2/c1-13-17(19(26)27-11-14-7-3-2-4-8-14)18(15-9-5-6-10-16(15)21)25-20(24-13)22-12-23-25/h2-10,12,18H,11H2,1H3,(H,22,23,24). The number of aromatic nitrogens is 3. The molecule has 2 aromatic carbocycles. The van der Waals surface area contributed by atoms with Gasteiger partial charge in [0, 0.05) is 16.3 Å². The Bertz CT molecular complexity index is 1010. The molecule has 6 nitrogen and oxygen atoms in total. The number of carbonyl (C=O) groups is 1. The van der Waals surface area contributed by atoms with Crippen LogP contribution < -0.4 is 5.32 Å². The van der Waals surface area contributed by atoms with Gasteiger partial charge in [-0.25, -0.2) is 9.48 Å². The lowest BCUT2D eigenvalue weighted by Gasteiger charge is -2.28. The van der Waals surface area contributed by atoms with Gasteiger partial charge in [-0.1, -0.05) is 60.1 Å². The number of esters is 1. The van der Waals surface area contributed by atoms with Crippen molar-refractivity contribution in [3.8, 4) is 0 Å². The van der Waals surface area contributed by atoms with E-state index < -0.39 is 12.0 Å². The summed E-state index contributed by atoms with van der Waals surface area (Å²) in [5.41, 5.74) is 2.80. The predicted octanol–water partition coefficient (Wildman–Crippen LogP) is 3.96. The molecule has 1 N–H and O–H groups in total. The smallest absolute Gasteiger partial charge is 0.338 e. The summed E-state index contributed by atoms with van der Waals surface area (Å²) in [6.45, 7) is 2.01. The van der Waals surface area contributed by atoms with E-state index in [9.17, 15) is 4.79 Å². The molecule has 0 aliphatic carbocycles. The van der Waals surface area contributed by atoms with E-state index >= 15 is 0 Å². The fourth-order valence-electron chi connectivity index (χ4n) is 3.14. The van der Waals surface area contributed by atoms with Gasteiger partial charge < -0.3 is 10.1 Å². The first-order valence-electron chi connectivity index (χ1n) is 8.48. The molecule has 0 radical (unpaired) electrons. The highest BCUT2D eigenvalue weighted by Gasteiger charge is 2.35. The fourth-order valence-corrected chi connectivity index (χ4v) is 3.38. The highest BCUT2D eigenvalue weighted by Crippen LogP contribution is 2.38. The van der Waals surface area contributed by atoms with Gasteiger partial charge in [-0.05, 0) is 18.6 Å². The van der Waals surface area contributed by atoms with E-state index in [4.69, 9.17) is 16.3 Å². The molecule has 0 fully saturated rings. The second kappa shape index (κ2) is 7.25. The van der Waals surface area contributed by atoms with Crippen LogP contribution in [0.5, 0.6) is 0 Å². The first-order valence-corrected chi connectivity index (χ1v) is 8.85. The van der Waals surface area contributed by atoms with Crippen LogP contribution >= 0.6 is 11.6 Å². The van der Waals surface area contributed by atoms with Gasteiger partial charge >= 0.3 is 5.97 Å². The van der Waals surface area contributed by atoms with Crippen LogP contribution in [-0.4, -0.2) is 20.7 Å². The normalized spacial score (nSPS) is 15.9. The molecule has 0 saturated heterocycles. The Kier molecular flexibility index (Phi) is 4.64. The van der Waals surface area contributed by atoms with Crippen molar-refractivity contribution in [2.75, 3.05) is 5.32 Å². The average Bonchev–Trinajstić information content (AvgIpc) is 3.14. The lowest BCUT2D eigenvalue weighted by Crippen LogP contribution is -2.29. The number of nitrogens with zero attached hydrogens (tertiary/aromatic N) is 3. The maximum absolute atomic E-state index is 13.0. The molecule has 0 bridgehead atoms. The summed E-state index contributed by atoms with van der Waals surface area (Å²) < 4.78 is 7.23. The molecule has 1 aliphatic heterocycles. The zero-order valence-electron chi connectivity index (χ0n) is 14.6. The number of hydrogen-bond donors (Lipinski definition) is 1. The van der Waals surface area contributed by atoms with Crippen LogP contribution in [0.4, 0.5) is 5.95 Å². The molecular weight excluding hydrogens is 364 g/mol. The average molecular weight is 381 g/mol. The predicted molar refractivity (Wildman–Crippen MR) is 102 cm³/mol. The minimum absolute atomic E-state index is 0.190. The highest BCUT2D eigenvalue weighted by atomic mass is 35.5. The highest BCUT2D eigenvalue weighted by molar-refractivity contribution is 6.31. The summed E-state index contributed by atoms with van der Waals surface area (Å²) in [5.74, 6) is 0.131. The first kappa shape index (κ1) is 17.3. The second-order valence-electron chi connectivity index (χ2n) is 6.18. The molecule has 0 spiro atoms. The summed E-state index contributed by atoms with van der Waals surface area (Å²) >= 11 is 6.43. The lowest BCUT2D eigenvalue weighted by atomic mass is 9.96. The van der Waals surface area contributed by atoms with Crippen LogP contribution in [0.1, 0.15) is 24.1 Å². The number of benzene rings is 2.